The van der Waals surface area contributed by atoms with Gasteiger partial charge in [0.15, 0.2) is 0 Å². The molecule has 14 rings (SSSR count). The van der Waals surface area contributed by atoms with Crippen molar-refractivity contribution in [1.82, 2.24) is 0 Å². The van der Waals surface area contributed by atoms with E-state index in [9.17, 15) is 0 Å². The van der Waals surface area contributed by atoms with Crippen molar-refractivity contribution in [2.75, 3.05) is 0 Å². The van der Waals surface area contributed by atoms with Crippen molar-refractivity contribution in [3.63, 3.8) is 0 Å². The topological polar surface area (TPSA) is 0 Å². The van der Waals surface area contributed by atoms with Crippen LogP contribution in [-0.4, -0.2) is 0 Å². The van der Waals surface area contributed by atoms with Crippen molar-refractivity contribution >= 4 is 6.08 Å². The highest BCUT2D eigenvalue weighted by Gasteiger charge is 2.06. The molecule has 0 aromatic heterocycles. The second-order valence-electron chi connectivity index (χ2n) is 32.1. The van der Waals surface area contributed by atoms with Gasteiger partial charge in [-0.05, 0) is 250 Å². The standard InChI is InChI=1S/C18H22.3C18H20.2C17H18.C16H18/c4*1-3-4-5-6-16-9-13-18(14-10-16)17-11-7-15(2)8-12-17;2*1-3-4-5-15-8-12-17(13-9-15)16-10-6-14(2)7-11-16;1-3-4-14-7-11-16(12-8-14)15-9-5-13(2)6-10-15/h7-14H,3-6H2,1-2H3;5-14H,3-4H2,1-2H3;4-5,7-14H,3,6H2,1-2H3;3-4,7-14H,5-6H2,1-2H3;3-4,6-13H,5H2,1-2H3;3,6-13H,1,4-5H2,2H3;5-12H,3-4H2,1-2H3/b;6-5+;5-4-;4-3+;4-3-;;. The van der Waals surface area contributed by atoms with E-state index in [2.05, 4.69) is 485 Å². The first-order chi connectivity index (χ1) is 59.5. The van der Waals surface area contributed by atoms with Crippen LogP contribution in [0.25, 0.3) is 84.0 Å². The lowest BCUT2D eigenvalue weighted by Gasteiger charge is -2.05. The Kier molecular flexibility index (Phi) is 42.8. The summed E-state index contributed by atoms with van der Waals surface area (Å²) in [6.45, 7) is 31.5. The van der Waals surface area contributed by atoms with Crippen LogP contribution >= 0.6 is 0 Å². The third-order valence-corrected chi connectivity index (χ3v) is 21.5. The summed E-state index contributed by atoms with van der Waals surface area (Å²) in [5, 5.41) is 0. The number of hydrogen-bond donors (Lipinski definition) is 0. The van der Waals surface area contributed by atoms with Gasteiger partial charge in [-0.2, -0.15) is 0 Å². The van der Waals surface area contributed by atoms with Crippen LogP contribution in [0.1, 0.15) is 177 Å². The van der Waals surface area contributed by atoms with E-state index in [4.69, 9.17) is 0 Å². The molecule has 0 bridgehead atoms. The molecule has 0 nitrogen and oxygen atoms in total. The highest BCUT2D eigenvalue weighted by molar-refractivity contribution is 5.70. The number of aryl methyl sites for hydroxylation is 11. The molecule has 0 N–H and O–H groups in total. The Balaban J connectivity index is 0.000000177. The SMILES string of the molecule is C/C=C/CCc1ccc(-c2ccc(C)cc2)cc1.C/C=C\Cc1ccc(-c2ccc(C)cc2)cc1.C=CCCc1ccc(-c2ccc(C)cc2)cc1.CC/C=C\Cc1ccc(-c2ccc(C)cc2)cc1.CCC/C=C/c1ccc(-c2ccc(C)cc2)cc1.CCCCCc1ccc(-c2ccc(C)cc2)cc1.CCCc1ccc(-c2ccc(C)cc2)cc1. The van der Waals surface area contributed by atoms with E-state index >= 15 is 0 Å². The van der Waals surface area contributed by atoms with Gasteiger partial charge < -0.3 is 0 Å². The van der Waals surface area contributed by atoms with Crippen molar-refractivity contribution in [3.8, 4) is 77.9 Å². The summed E-state index contributed by atoms with van der Waals surface area (Å²) in [7, 11) is 0. The Labute approximate surface area is 738 Å². The summed E-state index contributed by atoms with van der Waals surface area (Å²) in [6, 6.07) is 123. The molecule has 122 heavy (non-hydrogen) atoms. The molecule has 0 heteroatoms. The average Bonchev–Trinajstić information content (AvgIpc) is 0.894. The molecule has 0 atom stereocenters. The predicted octanol–water partition coefficient (Wildman–Crippen LogP) is 35.4. The van der Waals surface area contributed by atoms with Gasteiger partial charge >= 0.3 is 0 Å². The van der Waals surface area contributed by atoms with E-state index < -0.39 is 0 Å². The second-order valence-corrected chi connectivity index (χ2v) is 32.1. The maximum absolute atomic E-state index is 3.75. The van der Waals surface area contributed by atoms with E-state index in [1.54, 1.807) is 0 Å². The molecule has 0 amide bonds. The van der Waals surface area contributed by atoms with Crippen LogP contribution in [0.5, 0.6) is 0 Å². The van der Waals surface area contributed by atoms with E-state index in [-0.39, 0.29) is 0 Å². The normalized spacial score (nSPS) is 10.7. The molecular weight excluding hydrogens is 1470 g/mol. The lowest BCUT2D eigenvalue weighted by Crippen LogP contribution is -1.86. The summed E-state index contributed by atoms with van der Waals surface area (Å²) in [5.41, 5.74) is 36.9. The maximum Gasteiger partial charge on any atom is -0.00975 e. The van der Waals surface area contributed by atoms with Gasteiger partial charge in [-0.15, -0.1) is 6.58 Å². The minimum atomic E-state index is 1.02. The number of allylic oxidation sites excluding steroid dienone is 8. The molecule has 0 fully saturated rings. The Morgan fingerprint density at radius 2 is 0.451 bits per heavy atom. The van der Waals surface area contributed by atoms with Crippen LogP contribution in [0.4, 0.5) is 0 Å². The molecule has 0 saturated carbocycles. The zero-order chi connectivity index (χ0) is 86.7. The van der Waals surface area contributed by atoms with Crippen LogP contribution in [0, 0.1) is 48.5 Å². The molecule has 0 aliphatic rings. The monoisotopic (exact) mass is 1600 g/mol. The van der Waals surface area contributed by atoms with Gasteiger partial charge in [0, 0.05) is 0 Å². The molecular formula is C122H136. The average molecular weight is 1600 g/mol. The molecule has 0 unspecified atom stereocenters. The lowest BCUT2D eigenvalue weighted by molar-refractivity contribution is 0.717. The van der Waals surface area contributed by atoms with Crippen molar-refractivity contribution in [2.24, 2.45) is 0 Å². The quantitative estimate of drug-likeness (QED) is 0.0356. The van der Waals surface area contributed by atoms with Crippen LogP contribution < -0.4 is 0 Å². The van der Waals surface area contributed by atoms with Crippen LogP contribution in [0.15, 0.2) is 395 Å². The van der Waals surface area contributed by atoms with Crippen LogP contribution in [0.2, 0.25) is 0 Å². The third kappa shape index (κ3) is 35.2. The Morgan fingerprint density at radius 3 is 0.705 bits per heavy atom. The fourth-order valence-electron chi connectivity index (χ4n) is 13.7. The van der Waals surface area contributed by atoms with Gasteiger partial charge in [0.25, 0.3) is 0 Å². The molecule has 0 heterocycles. The molecule has 0 aliphatic carbocycles. The van der Waals surface area contributed by atoms with Crippen molar-refractivity contribution in [1.29, 1.82) is 0 Å². The third-order valence-electron chi connectivity index (χ3n) is 21.5. The van der Waals surface area contributed by atoms with E-state index in [1.807, 2.05) is 6.08 Å². The lowest BCUT2D eigenvalue weighted by atomic mass is 10.0. The fourth-order valence-corrected chi connectivity index (χ4v) is 13.7. The first kappa shape index (κ1) is 95.3. The largest absolute Gasteiger partial charge is 0.103 e. The molecule has 624 valence electrons. The van der Waals surface area contributed by atoms with Crippen LogP contribution in [-0.2, 0) is 38.5 Å². The molecule has 0 saturated heterocycles. The van der Waals surface area contributed by atoms with Gasteiger partial charge in [0.1, 0.15) is 0 Å². The minimum Gasteiger partial charge on any atom is -0.103 e. The summed E-state index contributed by atoms with van der Waals surface area (Å²) in [6.07, 6.45) is 36.9. The van der Waals surface area contributed by atoms with Gasteiger partial charge in [-0.3, -0.25) is 0 Å². The second kappa shape index (κ2) is 54.9. The molecule has 0 spiro atoms. The fraction of sp³-hybridized carbons (Fsp3) is 0.230. The smallest absolute Gasteiger partial charge is 0.00975 e. The van der Waals surface area contributed by atoms with Gasteiger partial charge in [-0.25, -0.2) is 0 Å². The maximum atomic E-state index is 3.75. The van der Waals surface area contributed by atoms with Gasteiger partial charge in [0.05, 0.1) is 0 Å². The van der Waals surface area contributed by atoms with Crippen molar-refractivity contribution in [3.05, 3.63) is 473 Å². The highest BCUT2D eigenvalue weighted by atomic mass is 14.1. The summed E-state index contributed by atoms with van der Waals surface area (Å²) >= 11 is 0. The Bertz CT molecular complexity index is 5280. The number of unbranched alkanes of at least 4 members (excludes halogenated alkanes) is 3. The zero-order valence-electron chi connectivity index (χ0n) is 75.8. The Morgan fingerprint density at radius 1 is 0.205 bits per heavy atom. The van der Waals surface area contributed by atoms with Crippen LogP contribution in [0.3, 0.4) is 0 Å². The molecule has 0 aliphatic heterocycles. The summed E-state index contributed by atoms with van der Waals surface area (Å²) in [4.78, 5) is 0. The summed E-state index contributed by atoms with van der Waals surface area (Å²) < 4.78 is 0. The van der Waals surface area contributed by atoms with Crippen molar-refractivity contribution in [2.45, 2.75) is 186 Å². The first-order valence-corrected chi connectivity index (χ1v) is 44.8. The first-order valence-electron chi connectivity index (χ1n) is 44.8. The predicted molar refractivity (Wildman–Crippen MR) is 541 cm³/mol. The highest BCUT2D eigenvalue weighted by Crippen LogP contribution is 2.28. The molecule has 14 aromatic carbocycles. The summed E-state index contributed by atoms with van der Waals surface area (Å²) in [5.74, 6) is 0. The van der Waals surface area contributed by atoms with Gasteiger partial charge in [-0.1, -0.05) is 487 Å². The number of benzene rings is 14. The van der Waals surface area contributed by atoms with E-state index in [0.717, 1.165) is 51.4 Å². The Hall–Kier alpha value is -12.2. The minimum absolute atomic E-state index is 1.02. The molecule has 0 radical (unpaired) electrons. The van der Waals surface area contributed by atoms with E-state index in [0.29, 0.717) is 0 Å². The zero-order valence-corrected chi connectivity index (χ0v) is 75.8. The van der Waals surface area contributed by atoms with E-state index in [1.165, 1.54) is 201 Å². The molecule has 14 aromatic rings. The number of rotatable bonds is 27. The van der Waals surface area contributed by atoms with Gasteiger partial charge in [0.2, 0.25) is 0 Å². The van der Waals surface area contributed by atoms with Crippen molar-refractivity contribution < 1.29 is 0 Å². The number of hydrogen-bond acceptors (Lipinski definition) is 0.